The topological polar surface area (TPSA) is 59.0 Å². The summed E-state index contributed by atoms with van der Waals surface area (Å²) in [5.41, 5.74) is 3.93. The van der Waals surface area contributed by atoms with Crippen LogP contribution in [0.25, 0.3) is 0 Å². The number of hydrogen-bond acceptors (Lipinski definition) is 3. The van der Waals surface area contributed by atoms with E-state index in [1.165, 1.54) is 6.07 Å². The maximum Gasteiger partial charge on any atom is 0.418 e. The normalized spacial score (nSPS) is 10.9. The van der Waals surface area contributed by atoms with Gasteiger partial charge in [-0.1, -0.05) is 0 Å². The summed E-state index contributed by atoms with van der Waals surface area (Å²) in [4.78, 5) is 0. The maximum atomic E-state index is 12.4. The number of halogens is 3. The minimum Gasteiger partial charge on any atom is -0.493 e. The van der Waals surface area contributed by atoms with E-state index in [9.17, 15) is 13.2 Å². The molecule has 2 N–H and O–H groups in total. The van der Waals surface area contributed by atoms with Crippen LogP contribution < -0.4 is 10.5 Å². The van der Waals surface area contributed by atoms with Crippen molar-refractivity contribution in [1.82, 2.24) is 0 Å². The Balaban J connectivity index is 2.87. The van der Waals surface area contributed by atoms with E-state index in [4.69, 9.17) is 15.7 Å². The van der Waals surface area contributed by atoms with Crippen LogP contribution in [0, 0.1) is 11.3 Å². The van der Waals surface area contributed by atoms with Gasteiger partial charge in [0.1, 0.15) is 12.4 Å². The molecule has 0 aromatic heterocycles. The maximum absolute atomic E-state index is 12.4. The Morgan fingerprint density at radius 2 is 2.06 bits per heavy atom. The standard InChI is InChI=1S/C10H9F3N2O/c11-10(12,13)8-6-7(2-3-9(8)15)16-5-1-4-14/h2-3,6H,1,5,15H2. The van der Waals surface area contributed by atoms with Crippen molar-refractivity contribution in [3.8, 4) is 11.8 Å². The minimum atomic E-state index is -4.50. The van der Waals surface area contributed by atoms with E-state index in [2.05, 4.69) is 0 Å². The molecule has 3 nitrogen and oxygen atoms in total. The van der Waals surface area contributed by atoms with Crippen molar-refractivity contribution in [2.24, 2.45) is 0 Å². The molecule has 16 heavy (non-hydrogen) atoms. The van der Waals surface area contributed by atoms with Gasteiger partial charge in [-0.3, -0.25) is 0 Å². The Labute approximate surface area is 90.2 Å². The number of hydrogen-bond donors (Lipinski definition) is 1. The molecule has 1 rings (SSSR count). The number of nitrogens with two attached hydrogens (primary N) is 1. The molecule has 1 aromatic rings. The number of ether oxygens (including phenoxy) is 1. The van der Waals surface area contributed by atoms with E-state index in [-0.39, 0.29) is 24.5 Å². The zero-order chi connectivity index (χ0) is 12.2. The summed E-state index contributed by atoms with van der Waals surface area (Å²) in [6.45, 7) is 0.0533. The number of nitrogen functional groups attached to an aromatic ring is 1. The Morgan fingerprint density at radius 1 is 1.38 bits per heavy atom. The number of benzene rings is 1. The van der Waals surface area contributed by atoms with Crippen LogP contribution >= 0.6 is 0 Å². The molecule has 0 aliphatic carbocycles. The predicted octanol–water partition coefficient (Wildman–Crippen LogP) is 2.58. The fourth-order valence-electron chi connectivity index (χ4n) is 1.09. The summed E-state index contributed by atoms with van der Waals surface area (Å²) in [5.74, 6) is 0.0526. The SMILES string of the molecule is N#CCCOc1ccc(N)c(C(F)(F)F)c1. The quantitative estimate of drug-likeness (QED) is 0.641. The summed E-state index contributed by atoms with van der Waals surface area (Å²) in [6, 6.07) is 5.11. The van der Waals surface area contributed by atoms with Gasteiger partial charge in [0.05, 0.1) is 18.1 Å². The van der Waals surface area contributed by atoms with Crippen LogP contribution in [-0.2, 0) is 6.18 Å². The lowest BCUT2D eigenvalue weighted by Crippen LogP contribution is -2.09. The van der Waals surface area contributed by atoms with Gasteiger partial charge >= 0.3 is 6.18 Å². The first-order chi connectivity index (χ1) is 7.45. The van der Waals surface area contributed by atoms with Crippen molar-refractivity contribution >= 4 is 5.69 Å². The molecule has 0 amide bonds. The van der Waals surface area contributed by atoms with Crippen molar-refractivity contribution in [3.05, 3.63) is 23.8 Å². The summed E-state index contributed by atoms with van der Waals surface area (Å²) in [5, 5.41) is 8.24. The van der Waals surface area contributed by atoms with Crippen LogP contribution in [0.1, 0.15) is 12.0 Å². The number of alkyl halides is 3. The molecular formula is C10H9F3N2O. The fourth-order valence-corrected chi connectivity index (χ4v) is 1.09. The second kappa shape index (κ2) is 4.75. The summed E-state index contributed by atoms with van der Waals surface area (Å²) < 4.78 is 42.2. The lowest BCUT2D eigenvalue weighted by Gasteiger charge is -2.11. The number of nitrogens with zero attached hydrogens (tertiary/aromatic N) is 1. The average Bonchev–Trinajstić information content (AvgIpc) is 2.19. The lowest BCUT2D eigenvalue weighted by molar-refractivity contribution is -0.137. The number of rotatable bonds is 3. The second-order valence-corrected chi connectivity index (χ2v) is 3.00. The van der Waals surface area contributed by atoms with Crippen LogP contribution in [0.3, 0.4) is 0 Å². The van der Waals surface area contributed by atoms with Gasteiger partial charge in [0.2, 0.25) is 0 Å². The Kier molecular flexibility index (Phi) is 3.61. The van der Waals surface area contributed by atoms with Crippen molar-refractivity contribution in [2.75, 3.05) is 12.3 Å². The van der Waals surface area contributed by atoms with Crippen molar-refractivity contribution in [3.63, 3.8) is 0 Å². The van der Waals surface area contributed by atoms with Crippen LogP contribution in [-0.4, -0.2) is 6.61 Å². The third-order valence-electron chi connectivity index (χ3n) is 1.81. The molecule has 0 spiro atoms. The largest absolute Gasteiger partial charge is 0.493 e. The number of nitriles is 1. The van der Waals surface area contributed by atoms with Gasteiger partial charge in [-0.25, -0.2) is 0 Å². The van der Waals surface area contributed by atoms with Gasteiger partial charge in [0, 0.05) is 5.69 Å². The smallest absolute Gasteiger partial charge is 0.418 e. The molecule has 0 aliphatic heterocycles. The lowest BCUT2D eigenvalue weighted by atomic mass is 10.1. The van der Waals surface area contributed by atoms with E-state index in [0.717, 1.165) is 12.1 Å². The van der Waals surface area contributed by atoms with Gasteiger partial charge in [-0.15, -0.1) is 0 Å². The number of anilines is 1. The van der Waals surface area contributed by atoms with Gasteiger partial charge in [-0.05, 0) is 18.2 Å². The molecule has 0 heterocycles. The van der Waals surface area contributed by atoms with Crippen LogP contribution in [0.15, 0.2) is 18.2 Å². The highest BCUT2D eigenvalue weighted by Crippen LogP contribution is 2.35. The molecule has 0 aliphatic rings. The average molecular weight is 230 g/mol. The minimum absolute atomic E-state index is 0.0526. The Hall–Kier alpha value is -1.90. The first-order valence-corrected chi connectivity index (χ1v) is 4.41. The molecule has 0 radical (unpaired) electrons. The van der Waals surface area contributed by atoms with Crippen LogP contribution in [0.2, 0.25) is 0 Å². The highest BCUT2D eigenvalue weighted by Gasteiger charge is 2.33. The first kappa shape index (κ1) is 12.2. The predicted molar refractivity (Wildman–Crippen MR) is 51.6 cm³/mol. The zero-order valence-electron chi connectivity index (χ0n) is 8.21. The fraction of sp³-hybridized carbons (Fsp3) is 0.300. The molecule has 0 atom stereocenters. The molecule has 1 aromatic carbocycles. The van der Waals surface area contributed by atoms with E-state index in [1.54, 1.807) is 0 Å². The van der Waals surface area contributed by atoms with Crippen molar-refractivity contribution < 1.29 is 17.9 Å². The summed E-state index contributed by atoms with van der Waals surface area (Å²) >= 11 is 0. The third-order valence-corrected chi connectivity index (χ3v) is 1.81. The molecule has 0 unspecified atom stereocenters. The van der Waals surface area contributed by atoms with E-state index in [0.29, 0.717) is 0 Å². The summed E-state index contributed by atoms with van der Waals surface area (Å²) in [6.07, 6.45) is -4.38. The van der Waals surface area contributed by atoms with Crippen LogP contribution in [0.5, 0.6) is 5.75 Å². The molecule has 6 heteroatoms. The first-order valence-electron chi connectivity index (χ1n) is 4.41. The van der Waals surface area contributed by atoms with E-state index < -0.39 is 11.7 Å². The summed E-state index contributed by atoms with van der Waals surface area (Å²) in [7, 11) is 0. The molecule has 0 saturated heterocycles. The third kappa shape index (κ3) is 3.05. The van der Waals surface area contributed by atoms with Gasteiger partial charge in [0.15, 0.2) is 0 Å². The van der Waals surface area contributed by atoms with Crippen LogP contribution in [0.4, 0.5) is 18.9 Å². The molecular weight excluding hydrogens is 221 g/mol. The van der Waals surface area contributed by atoms with E-state index >= 15 is 0 Å². The monoisotopic (exact) mass is 230 g/mol. The molecule has 0 fully saturated rings. The van der Waals surface area contributed by atoms with Crippen molar-refractivity contribution in [1.29, 1.82) is 5.26 Å². The zero-order valence-corrected chi connectivity index (χ0v) is 8.21. The second-order valence-electron chi connectivity index (χ2n) is 3.00. The molecule has 0 saturated carbocycles. The Bertz CT molecular complexity index is 410. The van der Waals surface area contributed by atoms with Crippen molar-refractivity contribution in [2.45, 2.75) is 12.6 Å². The van der Waals surface area contributed by atoms with Gasteiger partial charge in [0.25, 0.3) is 0 Å². The van der Waals surface area contributed by atoms with E-state index in [1.807, 2.05) is 6.07 Å². The van der Waals surface area contributed by atoms with Gasteiger partial charge in [-0.2, -0.15) is 18.4 Å². The molecule has 86 valence electrons. The highest BCUT2D eigenvalue weighted by atomic mass is 19.4. The highest BCUT2D eigenvalue weighted by molar-refractivity contribution is 5.51. The molecule has 0 bridgehead atoms. The van der Waals surface area contributed by atoms with Gasteiger partial charge < -0.3 is 10.5 Å². The Morgan fingerprint density at radius 3 is 2.62 bits per heavy atom.